The summed E-state index contributed by atoms with van der Waals surface area (Å²) >= 11 is 0. The van der Waals surface area contributed by atoms with E-state index in [1.54, 1.807) is 25.4 Å². The first kappa shape index (κ1) is 20.4. The number of nitrogens with one attached hydrogen (secondary N) is 1. The highest BCUT2D eigenvalue weighted by Crippen LogP contribution is 2.18. The Labute approximate surface area is 175 Å². The van der Waals surface area contributed by atoms with Crippen LogP contribution in [-0.4, -0.2) is 24.8 Å². The summed E-state index contributed by atoms with van der Waals surface area (Å²) in [5, 5.41) is 11.4. The number of alkyl carbamates (subject to hydrolysis) is 1. The third-order valence-corrected chi connectivity index (χ3v) is 4.17. The van der Waals surface area contributed by atoms with E-state index >= 15 is 0 Å². The standard InChI is InChI=1S/C17H11N3O2.C7H8O/c18-9-15-7-6-13(10-19-15)5-4-12-2-1-3-14(8-12)16-11-22-17(21)20-16;1-8-7-5-3-2-4-6-7/h1-3,6-8,10,16H,11H2,(H,20,21);2-6H,1H3/t16-;/m0./s1. The Morgan fingerprint density at radius 3 is 2.47 bits per heavy atom. The number of carbonyl (C=O) groups is 1. The molecule has 1 aromatic heterocycles. The molecule has 6 nitrogen and oxygen atoms in total. The van der Waals surface area contributed by atoms with Crippen molar-refractivity contribution in [2.24, 2.45) is 0 Å². The Morgan fingerprint density at radius 1 is 1.07 bits per heavy atom. The molecule has 3 aromatic rings. The van der Waals surface area contributed by atoms with Crippen LogP contribution in [0.2, 0.25) is 0 Å². The molecule has 4 rings (SSSR count). The Morgan fingerprint density at radius 2 is 1.87 bits per heavy atom. The third kappa shape index (κ3) is 5.85. The van der Waals surface area contributed by atoms with Crippen LogP contribution in [0.5, 0.6) is 5.75 Å². The van der Waals surface area contributed by atoms with Crippen LogP contribution >= 0.6 is 0 Å². The van der Waals surface area contributed by atoms with E-state index in [1.807, 2.05) is 60.7 Å². The van der Waals surface area contributed by atoms with E-state index < -0.39 is 6.09 Å². The molecule has 1 N–H and O–H groups in total. The number of para-hydroxylation sites is 1. The number of nitrogens with zero attached hydrogens (tertiary/aromatic N) is 2. The zero-order valence-corrected chi connectivity index (χ0v) is 16.3. The van der Waals surface area contributed by atoms with E-state index in [0.717, 1.165) is 22.4 Å². The molecule has 1 fully saturated rings. The summed E-state index contributed by atoms with van der Waals surface area (Å²) in [6.07, 6.45) is 1.17. The van der Waals surface area contributed by atoms with Gasteiger partial charge in [0.05, 0.1) is 13.2 Å². The number of rotatable bonds is 2. The van der Waals surface area contributed by atoms with E-state index in [1.165, 1.54) is 0 Å². The van der Waals surface area contributed by atoms with Gasteiger partial charge < -0.3 is 14.8 Å². The second-order valence-electron chi connectivity index (χ2n) is 6.23. The van der Waals surface area contributed by atoms with Crippen molar-refractivity contribution in [1.82, 2.24) is 10.3 Å². The van der Waals surface area contributed by atoms with E-state index in [9.17, 15) is 4.79 Å². The van der Waals surface area contributed by atoms with Gasteiger partial charge in [-0.05, 0) is 42.0 Å². The number of benzene rings is 2. The fourth-order valence-corrected chi connectivity index (χ4v) is 2.63. The molecule has 2 aromatic carbocycles. The fourth-order valence-electron chi connectivity index (χ4n) is 2.63. The molecule has 1 aliphatic heterocycles. The van der Waals surface area contributed by atoms with Crippen molar-refractivity contribution in [2.75, 3.05) is 13.7 Å². The lowest BCUT2D eigenvalue weighted by Gasteiger charge is -2.07. The number of ether oxygens (including phenoxy) is 2. The van der Waals surface area contributed by atoms with Crippen molar-refractivity contribution in [3.8, 4) is 23.7 Å². The van der Waals surface area contributed by atoms with Gasteiger partial charge in [-0.15, -0.1) is 0 Å². The van der Waals surface area contributed by atoms with E-state index in [4.69, 9.17) is 14.7 Å². The molecule has 6 heteroatoms. The normalized spacial score (nSPS) is 14.0. The minimum absolute atomic E-state index is 0.133. The molecule has 0 radical (unpaired) electrons. The number of amides is 1. The van der Waals surface area contributed by atoms with Crippen molar-refractivity contribution < 1.29 is 14.3 Å². The van der Waals surface area contributed by atoms with Gasteiger partial charge in [-0.3, -0.25) is 0 Å². The minimum atomic E-state index is -0.398. The highest BCUT2D eigenvalue weighted by molar-refractivity contribution is 5.70. The topological polar surface area (TPSA) is 84.2 Å². The Bertz CT molecular complexity index is 1090. The van der Waals surface area contributed by atoms with Crippen LogP contribution in [0.4, 0.5) is 4.79 Å². The zero-order chi connectivity index (χ0) is 21.2. The summed E-state index contributed by atoms with van der Waals surface area (Å²) in [4.78, 5) is 15.1. The molecule has 1 saturated heterocycles. The third-order valence-electron chi connectivity index (χ3n) is 4.17. The molecule has 0 bridgehead atoms. The van der Waals surface area contributed by atoms with Gasteiger partial charge >= 0.3 is 6.09 Å². The van der Waals surface area contributed by atoms with Crippen LogP contribution in [0.1, 0.15) is 28.4 Å². The number of carbonyl (C=O) groups excluding carboxylic acids is 1. The van der Waals surface area contributed by atoms with Crippen molar-refractivity contribution >= 4 is 6.09 Å². The predicted octanol–water partition coefficient (Wildman–Crippen LogP) is 3.83. The molecule has 148 valence electrons. The second-order valence-corrected chi connectivity index (χ2v) is 6.23. The molecule has 0 unspecified atom stereocenters. The summed E-state index contributed by atoms with van der Waals surface area (Å²) in [6, 6.07) is 22.5. The molecule has 1 aliphatic rings. The van der Waals surface area contributed by atoms with Crippen molar-refractivity contribution in [3.63, 3.8) is 0 Å². The minimum Gasteiger partial charge on any atom is -0.497 e. The largest absolute Gasteiger partial charge is 0.497 e. The summed E-state index contributed by atoms with van der Waals surface area (Å²) in [5.41, 5.74) is 2.89. The highest BCUT2D eigenvalue weighted by atomic mass is 16.6. The van der Waals surface area contributed by atoms with Crippen molar-refractivity contribution in [1.29, 1.82) is 5.26 Å². The SMILES string of the molecule is COc1ccccc1.N#Cc1ccc(C#Cc2cccc([C@@H]3COC(=O)N3)c2)cn1. The summed E-state index contributed by atoms with van der Waals surface area (Å²) in [5.74, 6) is 6.96. The molecular weight excluding hydrogens is 378 g/mol. The maximum atomic E-state index is 11.1. The number of hydrogen-bond donors (Lipinski definition) is 1. The lowest BCUT2D eigenvalue weighted by Crippen LogP contribution is -2.18. The van der Waals surface area contributed by atoms with E-state index in [-0.39, 0.29) is 6.04 Å². The zero-order valence-electron chi connectivity index (χ0n) is 16.3. The quantitative estimate of drug-likeness (QED) is 0.665. The maximum Gasteiger partial charge on any atom is 0.407 e. The fraction of sp³-hybridized carbons (Fsp3) is 0.125. The lowest BCUT2D eigenvalue weighted by molar-refractivity contribution is 0.177. The Hall–Kier alpha value is -4.29. The van der Waals surface area contributed by atoms with Gasteiger partial charge in [0, 0.05) is 17.3 Å². The molecule has 1 atom stereocenters. The van der Waals surface area contributed by atoms with Crippen molar-refractivity contribution in [3.05, 3.63) is 95.3 Å². The van der Waals surface area contributed by atoms with Gasteiger partial charge in [0.15, 0.2) is 0 Å². The number of hydrogen-bond acceptors (Lipinski definition) is 5. The average molecular weight is 397 g/mol. The van der Waals surface area contributed by atoms with Gasteiger partial charge in [0.25, 0.3) is 0 Å². The van der Waals surface area contributed by atoms with Gasteiger partial charge in [0.1, 0.15) is 24.1 Å². The van der Waals surface area contributed by atoms with Crippen LogP contribution in [0.3, 0.4) is 0 Å². The Balaban J connectivity index is 0.000000269. The van der Waals surface area contributed by atoms with Crippen molar-refractivity contribution in [2.45, 2.75) is 6.04 Å². The summed E-state index contributed by atoms with van der Waals surface area (Å²) < 4.78 is 9.80. The monoisotopic (exact) mass is 397 g/mol. The van der Waals surface area contributed by atoms with Crippen LogP contribution in [0.15, 0.2) is 72.9 Å². The second kappa shape index (κ2) is 10.3. The first-order valence-corrected chi connectivity index (χ1v) is 9.18. The van der Waals surface area contributed by atoms with Gasteiger partial charge in [-0.1, -0.05) is 42.2 Å². The maximum absolute atomic E-state index is 11.1. The van der Waals surface area contributed by atoms with Gasteiger partial charge in [0.2, 0.25) is 0 Å². The summed E-state index contributed by atoms with van der Waals surface area (Å²) in [6.45, 7) is 0.329. The number of methoxy groups -OCH3 is 1. The van der Waals surface area contributed by atoms with Gasteiger partial charge in [-0.25, -0.2) is 9.78 Å². The van der Waals surface area contributed by atoms with Crippen LogP contribution < -0.4 is 10.1 Å². The van der Waals surface area contributed by atoms with Gasteiger partial charge in [-0.2, -0.15) is 5.26 Å². The van der Waals surface area contributed by atoms with Crippen LogP contribution in [0.25, 0.3) is 0 Å². The predicted molar refractivity (Wildman–Crippen MR) is 112 cm³/mol. The molecular formula is C24H19N3O3. The molecule has 2 heterocycles. The van der Waals surface area contributed by atoms with Crippen LogP contribution in [-0.2, 0) is 4.74 Å². The first-order chi connectivity index (χ1) is 14.7. The number of nitriles is 1. The molecule has 1 amide bonds. The molecule has 0 spiro atoms. The van der Waals surface area contributed by atoms with E-state index in [2.05, 4.69) is 22.1 Å². The summed E-state index contributed by atoms with van der Waals surface area (Å²) in [7, 11) is 1.66. The molecule has 0 aliphatic carbocycles. The molecule has 0 saturated carbocycles. The number of aromatic nitrogens is 1. The smallest absolute Gasteiger partial charge is 0.407 e. The Kier molecular flexibility index (Phi) is 7.02. The van der Waals surface area contributed by atoms with E-state index in [0.29, 0.717) is 12.3 Å². The number of cyclic esters (lactones) is 1. The van der Waals surface area contributed by atoms with Crippen LogP contribution in [0, 0.1) is 23.2 Å². The highest BCUT2D eigenvalue weighted by Gasteiger charge is 2.23. The average Bonchev–Trinajstić information content (AvgIpc) is 3.25. The number of pyridine rings is 1. The molecule has 30 heavy (non-hydrogen) atoms. The lowest BCUT2D eigenvalue weighted by atomic mass is 10.0. The first-order valence-electron chi connectivity index (χ1n) is 9.18.